The quantitative estimate of drug-likeness (QED) is 0.848. The first-order chi connectivity index (χ1) is 13.2. The van der Waals surface area contributed by atoms with Gasteiger partial charge in [-0.15, -0.1) is 0 Å². The van der Waals surface area contributed by atoms with Crippen LogP contribution in [0.15, 0.2) is 59.9 Å². The highest BCUT2D eigenvalue weighted by Crippen LogP contribution is 2.44. The molecule has 0 saturated carbocycles. The van der Waals surface area contributed by atoms with Crippen LogP contribution in [0.5, 0.6) is 5.75 Å². The van der Waals surface area contributed by atoms with E-state index in [4.69, 9.17) is 4.74 Å². The van der Waals surface area contributed by atoms with E-state index in [1.807, 2.05) is 31.2 Å². The van der Waals surface area contributed by atoms with Gasteiger partial charge in [-0.2, -0.15) is 0 Å². The molecule has 1 amide bonds. The summed E-state index contributed by atoms with van der Waals surface area (Å²) in [5, 5.41) is 10.7. The molecule has 1 aliphatic heterocycles. The summed E-state index contributed by atoms with van der Waals surface area (Å²) in [5.41, 5.74) is 1.68. The molecule has 5 heteroatoms. The van der Waals surface area contributed by atoms with Crippen LogP contribution in [0.4, 0.5) is 5.69 Å². The molecule has 146 valence electrons. The van der Waals surface area contributed by atoms with Gasteiger partial charge in [0.05, 0.1) is 18.7 Å². The molecule has 2 aromatic rings. The molecule has 0 aliphatic carbocycles. The fourth-order valence-corrected chi connectivity index (χ4v) is 3.46. The maximum atomic E-state index is 13.2. The molecule has 1 aliphatic rings. The van der Waals surface area contributed by atoms with Crippen molar-refractivity contribution in [2.24, 2.45) is 5.41 Å². The molecule has 1 unspecified atom stereocenters. The van der Waals surface area contributed by atoms with E-state index >= 15 is 0 Å². The van der Waals surface area contributed by atoms with Crippen molar-refractivity contribution < 1.29 is 19.4 Å². The Morgan fingerprint density at radius 3 is 2.39 bits per heavy atom. The van der Waals surface area contributed by atoms with Gasteiger partial charge in [-0.25, -0.2) is 0 Å². The second-order valence-corrected chi connectivity index (χ2v) is 7.98. The number of hydrogen-bond acceptors (Lipinski definition) is 4. The monoisotopic (exact) mass is 379 g/mol. The number of anilines is 1. The van der Waals surface area contributed by atoms with E-state index in [9.17, 15) is 14.7 Å². The summed E-state index contributed by atoms with van der Waals surface area (Å²) in [4.78, 5) is 27.7. The summed E-state index contributed by atoms with van der Waals surface area (Å²) in [7, 11) is 1.55. The van der Waals surface area contributed by atoms with Gasteiger partial charge in [0, 0.05) is 17.2 Å². The van der Waals surface area contributed by atoms with Crippen LogP contribution in [0.3, 0.4) is 0 Å². The molecule has 1 atom stereocenters. The lowest BCUT2D eigenvalue weighted by Gasteiger charge is -2.30. The van der Waals surface area contributed by atoms with Crippen molar-refractivity contribution in [2.45, 2.75) is 33.7 Å². The van der Waals surface area contributed by atoms with E-state index in [0.29, 0.717) is 11.4 Å². The minimum absolute atomic E-state index is 0.134. The molecule has 0 aromatic heterocycles. The molecule has 0 radical (unpaired) electrons. The summed E-state index contributed by atoms with van der Waals surface area (Å²) >= 11 is 0. The van der Waals surface area contributed by atoms with Crippen LogP contribution in [0.1, 0.15) is 37.9 Å². The largest absolute Gasteiger partial charge is 0.503 e. The smallest absolute Gasteiger partial charge is 0.294 e. The number of rotatable bonds is 4. The lowest BCUT2D eigenvalue weighted by atomic mass is 9.81. The van der Waals surface area contributed by atoms with Crippen LogP contribution in [0.25, 0.3) is 0 Å². The van der Waals surface area contributed by atoms with Gasteiger partial charge in [-0.05, 0) is 30.2 Å². The molecule has 3 rings (SSSR count). The Hall–Kier alpha value is -3.08. The number of hydrogen-bond donors (Lipinski definition) is 1. The number of aliphatic hydroxyl groups excluding tert-OH is 1. The first kappa shape index (κ1) is 19.7. The number of amides is 1. The van der Waals surface area contributed by atoms with Crippen LogP contribution >= 0.6 is 0 Å². The molecule has 28 heavy (non-hydrogen) atoms. The van der Waals surface area contributed by atoms with E-state index in [0.717, 1.165) is 11.1 Å². The van der Waals surface area contributed by atoms with Crippen LogP contribution in [-0.4, -0.2) is 23.9 Å². The predicted molar refractivity (Wildman–Crippen MR) is 109 cm³/mol. The van der Waals surface area contributed by atoms with Crippen molar-refractivity contribution in [3.63, 3.8) is 0 Å². The molecular weight excluding hydrogens is 354 g/mol. The number of Topliss-reactive ketones (excluding diaryl/α,β-unsaturated/α-hetero) is 1. The van der Waals surface area contributed by atoms with Gasteiger partial charge < -0.3 is 9.84 Å². The molecule has 0 saturated heterocycles. The van der Waals surface area contributed by atoms with Crippen LogP contribution < -0.4 is 9.64 Å². The van der Waals surface area contributed by atoms with Gasteiger partial charge in [0.1, 0.15) is 5.75 Å². The average Bonchev–Trinajstić information content (AvgIpc) is 2.91. The third kappa shape index (κ3) is 3.28. The Morgan fingerprint density at radius 2 is 1.79 bits per heavy atom. The Labute approximate surface area is 165 Å². The van der Waals surface area contributed by atoms with E-state index in [1.54, 1.807) is 52.1 Å². The number of aliphatic hydroxyl groups is 1. The van der Waals surface area contributed by atoms with E-state index in [2.05, 4.69) is 0 Å². The van der Waals surface area contributed by atoms with Crippen LogP contribution in [0.2, 0.25) is 0 Å². The molecule has 0 fully saturated rings. The highest BCUT2D eigenvalue weighted by atomic mass is 16.5. The number of benzene rings is 2. The zero-order chi connectivity index (χ0) is 20.6. The lowest BCUT2D eigenvalue weighted by molar-refractivity contribution is -0.123. The summed E-state index contributed by atoms with van der Waals surface area (Å²) in [6.07, 6.45) is 0. The Kier molecular flexibility index (Phi) is 5.02. The van der Waals surface area contributed by atoms with Gasteiger partial charge in [0.15, 0.2) is 11.5 Å². The minimum atomic E-state index is -0.741. The normalized spacial score (nSPS) is 17.2. The first-order valence-electron chi connectivity index (χ1n) is 9.18. The Morgan fingerprint density at radius 1 is 1.11 bits per heavy atom. The predicted octanol–water partition coefficient (Wildman–Crippen LogP) is 4.52. The molecule has 1 N–H and O–H groups in total. The lowest BCUT2D eigenvalue weighted by Crippen LogP contribution is -2.33. The highest BCUT2D eigenvalue weighted by molar-refractivity contribution is 6.17. The number of carbonyl (C=O) groups is 2. The van der Waals surface area contributed by atoms with E-state index < -0.39 is 23.1 Å². The molecular formula is C23H25NO4. The van der Waals surface area contributed by atoms with Crippen molar-refractivity contribution in [1.82, 2.24) is 0 Å². The Balaban J connectivity index is 2.24. The number of carbonyl (C=O) groups excluding carboxylic acids is 2. The summed E-state index contributed by atoms with van der Waals surface area (Å²) in [6.45, 7) is 7.27. The second-order valence-electron chi connectivity index (χ2n) is 7.98. The second kappa shape index (κ2) is 7.15. The third-order valence-electron chi connectivity index (χ3n) is 4.95. The fourth-order valence-electron chi connectivity index (χ4n) is 3.46. The minimum Gasteiger partial charge on any atom is -0.503 e. The number of nitrogens with zero attached hydrogens (tertiary/aromatic N) is 1. The molecule has 0 spiro atoms. The molecule has 1 heterocycles. The standard InChI is InChI=1S/C23H25NO4/c1-14-9-6-7-12-17(14)19-18(21(26)23(2,3)4)20(25)22(27)24(19)15-10-8-11-16(13-15)28-5/h6-13,19,25H,1-5H3. The average molecular weight is 379 g/mol. The Bertz CT molecular complexity index is 969. The van der Waals surface area contributed by atoms with Gasteiger partial charge >= 0.3 is 0 Å². The molecule has 5 nitrogen and oxygen atoms in total. The van der Waals surface area contributed by atoms with Gasteiger partial charge in [-0.3, -0.25) is 14.5 Å². The van der Waals surface area contributed by atoms with E-state index in [-0.39, 0.29) is 11.4 Å². The van der Waals surface area contributed by atoms with Crippen molar-refractivity contribution in [3.05, 3.63) is 71.0 Å². The molecule has 0 bridgehead atoms. The zero-order valence-electron chi connectivity index (χ0n) is 16.8. The van der Waals surface area contributed by atoms with Crippen molar-refractivity contribution >= 4 is 17.4 Å². The van der Waals surface area contributed by atoms with Crippen molar-refractivity contribution in [2.75, 3.05) is 12.0 Å². The first-order valence-corrected chi connectivity index (χ1v) is 9.18. The van der Waals surface area contributed by atoms with Gasteiger partial charge in [-0.1, -0.05) is 51.1 Å². The molecule has 2 aromatic carbocycles. The SMILES string of the molecule is COc1cccc(N2C(=O)C(O)=C(C(=O)C(C)(C)C)C2c2ccccc2C)c1. The highest BCUT2D eigenvalue weighted by Gasteiger charge is 2.47. The number of methoxy groups -OCH3 is 1. The third-order valence-corrected chi connectivity index (χ3v) is 4.95. The van der Waals surface area contributed by atoms with Crippen molar-refractivity contribution in [3.8, 4) is 5.75 Å². The summed E-state index contributed by atoms with van der Waals surface area (Å²) in [6, 6.07) is 13.9. The van der Waals surface area contributed by atoms with Gasteiger partial charge in [0.2, 0.25) is 0 Å². The maximum absolute atomic E-state index is 13.2. The number of ketones is 1. The fraction of sp³-hybridized carbons (Fsp3) is 0.304. The number of aryl methyl sites for hydroxylation is 1. The van der Waals surface area contributed by atoms with Crippen molar-refractivity contribution in [1.29, 1.82) is 0 Å². The van der Waals surface area contributed by atoms with Crippen LogP contribution in [0, 0.1) is 12.3 Å². The van der Waals surface area contributed by atoms with Crippen LogP contribution in [-0.2, 0) is 9.59 Å². The number of ether oxygens (including phenoxy) is 1. The summed E-state index contributed by atoms with van der Waals surface area (Å²) in [5.74, 6) is -0.744. The maximum Gasteiger partial charge on any atom is 0.294 e. The topological polar surface area (TPSA) is 66.8 Å². The zero-order valence-corrected chi connectivity index (χ0v) is 16.8. The summed E-state index contributed by atoms with van der Waals surface area (Å²) < 4.78 is 5.29. The van der Waals surface area contributed by atoms with E-state index in [1.165, 1.54) is 4.90 Å². The van der Waals surface area contributed by atoms with Gasteiger partial charge in [0.25, 0.3) is 5.91 Å².